The molecular weight excluding hydrogens is 255 g/mol. The van der Waals surface area contributed by atoms with Crippen LogP contribution >= 0.6 is 0 Å². The minimum atomic E-state index is -0.378. The van der Waals surface area contributed by atoms with E-state index in [0.29, 0.717) is 16.8 Å². The molecule has 20 heavy (non-hydrogen) atoms. The second-order valence-electron chi connectivity index (χ2n) is 4.61. The summed E-state index contributed by atoms with van der Waals surface area (Å²) in [6.07, 6.45) is 0. The van der Waals surface area contributed by atoms with E-state index in [9.17, 15) is 9.65 Å². The number of nitrogens with zero attached hydrogens (tertiary/aromatic N) is 4. The molecule has 0 atom stereocenters. The van der Waals surface area contributed by atoms with E-state index in [4.69, 9.17) is 0 Å². The van der Waals surface area contributed by atoms with E-state index < -0.39 is 0 Å². The number of aromatic nitrogens is 3. The van der Waals surface area contributed by atoms with Gasteiger partial charge in [-0.05, 0) is 37.6 Å². The highest BCUT2D eigenvalue weighted by molar-refractivity contribution is 5.65. The number of hydrogen-bond donors (Lipinski definition) is 0. The van der Waals surface area contributed by atoms with Crippen LogP contribution in [0.2, 0.25) is 0 Å². The summed E-state index contributed by atoms with van der Waals surface area (Å²) < 4.78 is 15.4. The largest absolute Gasteiger partial charge is 0.216 e. The van der Waals surface area contributed by atoms with Gasteiger partial charge in [0.05, 0.1) is 11.1 Å². The Morgan fingerprint density at radius 3 is 2.70 bits per heavy atom. The van der Waals surface area contributed by atoms with E-state index in [1.54, 1.807) is 22.7 Å². The van der Waals surface area contributed by atoms with Crippen molar-refractivity contribution in [3.63, 3.8) is 0 Å². The first-order chi connectivity index (χ1) is 9.61. The van der Waals surface area contributed by atoms with Crippen LogP contribution in [0.15, 0.2) is 30.3 Å². The molecule has 2 heterocycles. The first kappa shape index (κ1) is 12.3. The van der Waals surface area contributed by atoms with Crippen LogP contribution in [0.1, 0.15) is 16.8 Å². The first-order valence-electron chi connectivity index (χ1n) is 6.14. The Morgan fingerprint density at radius 1 is 1.25 bits per heavy atom. The summed E-state index contributed by atoms with van der Waals surface area (Å²) in [5, 5.41) is 13.5. The van der Waals surface area contributed by atoms with Crippen molar-refractivity contribution in [1.29, 1.82) is 5.26 Å². The molecule has 1 aromatic carbocycles. The fourth-order valence-corrected chi connectivity index (χ4v) is 2.24. The number of benzene rings is 1. The summed E-state index contributed by atoms with van der Waals surface area (Å²) in [7, 11) is 0. The highest BCUT2D eigenvalue weighted by Gasteiger charge is 2.15. The summed E-state index contributed by atoms with van der Waals surface area (Å²) in [5.74, 6) is -0.0930. The fourth-order valence-electron chi connectivity index (χ4n) is 2.24. The third kappa shape index (κ3) is 1.74. The molecule has 0 aliphatic rings. The Hall–Kier alpha value is -2.74. The molecule has 3 rings (SSSR count). The van der Waals surface area contributed by atoms with Gasteiger partial charge >= 0.3 is 0 Å². The van der Waals surface area contributed by atoms with Crippen molar-refractivity contribution >= 4 is 5.65 Å². The van der Waals surface area contributed by atoms with Gasteiger partial charge in [-0.2, -0.15) is 5.26 Å². The van der Waals surface area contributed by atoms with Crippen molar-refractivity contribution in [2.45, 2.75) is 13.8 Å². The van der Waals surface area contributed by atoms with Crippen LogP contribution in [0.5, 0.6) is 0 Å². The van der Waals surface area contributed by atoms with Gasteiger partial charge < -0.3 is 0 Å². The first-order valence-corrected chi connectivity index (χ1v) is 6.14. The zero-order valence-corrected chi connectivity index (χ0v) is 11.1. The second kappa shape index (κ2) is 4.42. The van der Waals surface area contributed by atoms with Crippen LogP contribution in [-0.2, 0) is 0 Å². The van der Waals surface area contributed by atoms with Gasteiger partial charge in [-0.3, -0.25) is 0 Å². The highest BCUT2D eigenvalue weighted by Crippen LogP contribution is 2.23. The van der Waals surface area contributed by atoms with Crippen molar-refractivity contribution in [2.24, 2.45) is 0 Å². The molecule has 0 aliphatic heterocycles. The van der Waals surface area contributed by atoms with Crippen LogP contribution in [-0.4, -0.2) is 14.6 Å². The van der Waals surface area contributed by atoms with E-state index in [0.717, 1.165) is 11.3 Å². The molecule has 2 aromatic heterocycles. The molecule has 3 aromatic rings. The summed E-state index contributed by atoms with van der Waals surface area (Å²) in [6, 6.07) is 10.3. The maximum absolute atomic E-state index is 13.8. The zero-order chi connectivity index (χ0) is 14.3. The quantitative estimate of drug-likeness (QED) is 0.680. The minimum absolute atomic E-state index is 0.285. The van der Waals surface area contributed by atoms with Crippen LogP contribution < -0.4 is 0 Å². The normalized spacial score (nSPS) is 10.7. The molecule has 98 valence electrons. The van der Waals surface area contributed by atoms with Gasteiger partial charge in [-0.1, -0.05) is 12.1 Å². The Bertz CT molecular complexity index is 858. The lowest BCUT2D eigenvalue weighted by molar-refractivity contribution is 0.630. The topological polar surface area (TPSA) is 54.0 Å². The van der Waals surface area contributed by atoms with Gasteiger partial charge in [0, 0.05) is 5.69 Å². The maximum Gasteiger partial charge on any atom is 0.185 e. The van der Waals surface area contributed by atoms with Crippen molar-refractivity contribution < 1.29 is 4.39 Å². The lowest BCUT2D eigenvalue weighted by Crippen LogP contribution is -1.98. The third-order valence-corrected chi connectivity index (χ3v) is 3.21. The van der Waals surface area contributed by atoms with E-state index >= 15 is 0 Å². The third-order valence-electron chi connectivity index (χ3n) is 3.21. The van der Waals surface area contributed by atoms with Crippen LogP contribution in [0.25, 0.3) is 17.0 Å². The zero-order valence-electron chi connectivity index (χ0n) is 11.1. The van der Waals surface area contributed by atoms with Gasteiger partial charge in [0.2, 0.25) is 0 Å². The monoisotopic (exact) mass is 266 g/mol. The predicted octanol–water partition coefficient (Wildman–Crippen LogP) is 3.02. The molecule has 0 radical (unpaired) electrons. The minimum Gasteiger partial charge on any atom is -0.216 e. The van der Waals surface area contributed by atoms with Crippen LogP contribution in [0.3, 0.4) is 0 Å². The highest BCUT2D eigenvalue weighted by atomic mass is 19.1. The Balaban J connectivity index is 2.35. The Labute approximate surface area is 115 Å². The van der Waals surface area contributed by atoms with Crippen LogP contribution in [0.4, 0.5) is 4.39 Å². The summed E-state index contributed by atoms with van der Waals surface area (Å²) in [4.78, 5) is 4.33. The van der Waals surface area contributed by atoms with Crippen LogP contribution in [0, 0.1) is 31.0 Å². The van der Waals surface area contributed by atoms with E-state index in [2.05, 4.69) is 16.2 Å². The average molecular weight is 266 g/mol. The molecule has 0 fully saturated rings. The van der Waals surface area contributed by atoms with Crippen molar-refractivity contribution in [2.75, 3.05) is 0 Å². The smallest absolute Gasteiger partial charge is 0.185 e. The lowest BCUT2D eigenvalue weighted by Gasteiger charge is -2.02. The molecule has 5 heteroatoms. The number of rotatable bonds is 1. The van der Waals surface area contributed by atoms with E-state index in [1.807, 2.05) is 19.9 Å². The summed E-state index contributed by atoms with van der Waals surface area (Å²) in [6.45, 7) is 3.73. The molecule has 0 N–H and O–H groups in total. The molecular formula is C15H11FN4. The lowest BCUT2D eigenvalue weighted by atomic mass is 10.1. The average Bonchev–Trinajstić information content (AvgIpc) is 2.85. The predicted molar refractivity (Wildman–Crippen MR) is 72.6 cm³/mol. The summed E-state index contributed by atoms with van der Waals surface area (Å²) in [5.41, 5.74) is 2.95. The van der Waals surface area contributed by atoms with Gasteiger partial charge in [0.1, 0.15) is 11.9 Å². The van der Waals surface area contributed by atoms with Gasteiger partial charge in [-0.15, -0.1) is 5.10 Å². The molecule has 4 nitrogen and oxygen atoms in total. The molecule has 0 saturated heterocycles. The van der Waals surface area contributed by atoms with E-state index in [1.165, 1.54) is 6.07 Å². The maximum atomic E-state index is 13.8. The molecule has 0 saturated carbocycles. The second-order valence-corrected chi connectivity index (χ2v) is 4.61. The Morgan fingerprint density at radius 2 is 2.00 bits per heavy atom. The number of hydrogen-bond acceptors (Lipinski definition) is 3. The molecule has 0 amide bonds. The number of halogens is 1. The Kier molecular flexibility index (Phi) is 2.72. The number of fused-ring (bicyclic) bond motifs is 1. The van der Waals surface area contributed by atoms with Crippen molar-refractivity contribution in [3.8, 4) is 17.5 Å². The fraction of sp³-hybridized carbons (Fsp3) is 0.133. The number of pyridine rings is 1. The molecule has 0 aliphatic carbocycles. The number of nitriles is 1. The SMILES string of the molecule is Cc1cc(C)n2nc(-c3ccccc3F)nc2c1C#N. The van der Waals surface area contributed by atoms with Crippen molar-refractivity contribution in [3.05, 3.63) is 53.0 Å². The molecule has 0 bridgehead atoms. The number of aryl methyl sites for hydroxylation is 2. The van der Waals surface area contributed by atoms with Gasteiger partial charge in [0.15, 0.2) is 11.5 Å². The molecule has 0 spiro atoms. The van der Waals surface area contributed by atoms with Crippen molar-refractivity contribution in [1.82, 2.24) is 14.6 Å². The van der Waals surface area contributed by atoms with E-state index in [-0.39, 0.29) is 11.6 Å². The van der Waals surface area contributed by atoms with Gasteiger partial charge in [-0.25, -0.2) is 13.9 Å². The standard InChI is InChI=1S/C15H11FN4/c1-9-7-10(2)20-15(12(9)8-17)18-14(19-20)11-5-3-4-6-13(11)16/h3-7H,1-2H3. The molecule has 0 unspecified atom stereocenters. The van der Waals surface area contributed by atoms with Gasteiger partial charge in [0.25, 0.3) is 0 Å². The summed E-state index contributed by atoms with van der Waals surface area (Å²) >= 11 is 0.